The van der Waals surface area contributed by atoms with E-state index < -0.39 is 27.7 Å². The fourth-order valence-corrected chi connectivity index (χ4v) is 6.60. The van der Waals surface area contributed by atoms with Crippen molar-refractivity contribution in [2.24, 2.45) is 5.92 Å². The van der Waals surface area contributed by atoms with Gasteiger partial charge in [-0.3, -0.25) is 9.69 Å². The highest BCUT2D eigenvalue weighted by Gasteiger charge is 2.64. The van der Waals surface area contributed by atoms with E-state index in [4.69, 9.17) is 4.74 Å². The largest absolute Gasteiger partial charge is 0.452 e. The molecule has 2 atom stereocenters. The Labute approximate surface area is 188 Å². The van der Waals surface area contributed by atoms with Crippen molar-refractivity contribution in [1.29, 1.82) is 0 Å². The smallest absolute Gasteiger partial charge is 0.415 e. The molecule has 1 saturated heterocycles. The molecule has 1 spiro atoms. The third kappa shape index (κ3) is 2.93. The summed E-state index contributed by atoms with van der Waals surface area (Å²) in [5, 5.41) is 0. The lowest BCUT2D eigenvalue weighted by molar-refractivity contribution is 0.0922. The van der Waals surface area contributed by atoms with Gasteiger partial charge in [0.1, 0.15) is 0 Å². The number of fused-ring (bicyclic) bond motifs is 1. The molecule has 4 rings (SSSR count). The van der Waals surface area contributed by atoms with Gasteiger partial charge in [0, 0.05) is 5.56 Å². The van der Waals surface area contributed by atoms with Crippen LogP contribution in [0.25, 0.3) is 0 Å². The van der Waals surface area contributed by atoms with Gasteiger partial charge in [-0.25, -0.2) is 13.2 Å². The van der Waals surface area contributed by atoms with E-state index in [2.05, 4.69) is 6.58 Å². The van der Waals surface area contributed by atoms with E-state index in [9.17, 15) is 18.0 Å². The van der Waals surface area contributed by atoms with Crippen LogP contribution < -0.4 is 4.90 Å². The Kier molecular flexibility index (Phi) is 5.26. The summed E-state index contributed by atoms with van der Waals surface area (Å²) in [7, 11) is -2.74. The maximum atomic E-state index is 13.8. The lowest BCUT2D eigenvalue weighted by atomic mass is 9.83. The van der Waals surface area contributed by atoms with E-state index in [1.807, 2.05) is 20.8 Å². The molecule has 2 aromatic carbocycles. The van der Waals surface area contributed by atoms with Crippen LogP contribution in [0.1, 0.15) is 29.8 Å². The third-order valence-electron chi connectivity index (χ3n) is 6.35. The summed E-state index contributed by atoms with van der Waals surface area (Å²) >= 11 is 0. The highest BCUT2D eigenvalue weighted by atomic mass is 32.2. The number of sulfonamides is 1. The number of Topliss-reactive ketones (excluding diaryl/α,β-unsaturated/α-hetero) is 1. The molecule has 7 nitrogen and oxygen atoms in total. The number of benzene rings is 2. The highest BCUT2D eigenvalue weighted by molar-refractivity contribution is 7.89. The number of amides is 1. The first-order valence-corrected chi connectivity index (χ1v) is 11.8. The lowest BCUT2D eigenvalue weighted by Crippen LogP contribution is -2.56. The van der Waals surface area contributed by atoms with Gasteiger partial charge >= 0.3 is 6.09 Å². The molecule has 0 saturated carbocycles. The number of carbonyl (C=O) groups is 2. The van der Waals surface area contributed by atoms with Crippen molar-refractivity contribution in [3.8, 4) is 0 Å². The molecule has 0 aromatic heterocycles. The summed E-state index contributed by atoms with van der Waals surface area (Å²) in [5.41, 5.74) is 0.474. The average molecular weight is 455 g/mol. The maximum Gasteiger partial charge on any atom is 0.415 e. The summed E-state index contributed by atoms with van der Waals surface area (Å²) in [5.74, 6) is -0.533. The Hall–Kier alpha value is -2.97. The van der Waals surface area contributed by atoms with Crippen LogP contribution in [0.2, 0.25) is 0 Å². The predicted molar refractivity (Wildman–Crippen MR) is 121 cm³/mol. The Morgan fingerprint density at radius 1 is 1.16 bits per heavy atom. The SMILES string of the molecule is C=C1[C@@H](C(C)C)N(S(=O)(=O)c2ccc(C)cc2)C[C@@]12C(=O)c1ccccc1N2C(=O)OC. The van der Waals surface area contributed by atoms with Crippen molar-refractivity contribution in [2.45, 2.75) is 37.2 Å². The number of rotatable bonds is 3. The van der Waals surface area contributed by atoms with Crippen LogP contribution in [0.5, 0.6) is 0 Å². The molecular weight excluding hydrogens is 428 g/mol. The zero-order valence-electron chi connectivity index (χ0n) is 18.5. The van der Waals surface area contributed by atoms with E-state index in [1.54, 1.807) is 48.5 Å². The first-order chi connectivity index (χ1) is 15.1. The number of anilines is 1. The summed E-state index contributed by atoms with van der Waals surface area (Å²) in [6.45, 7) is 9.59. The molecule has 0 bridgehead atoms. The van der Waals surface area contributed by atoms with Crippen molar-refractivity contribution in [3.05, 3.63) is 71.8 Å². The minimum atomic E-state index is -3.97. The molecule has 2 heterocycles. The number of aryl methyl sites for hydroxylation is 1. The van der Waals surface area contributed by atoms with Crippen molar-refractivity contribution in [2.75, 3.05) is 18.6 Å². The quantitative estimate of drug-likeness (QED) is 0.659. The van der Waals surface area contributed by atoms with Crippen LogP contribution in [0.3, 0.4) is 0 Å². The fraction of sp³-hybridized carbons (Fsp3) is 0.333. The monoisotopic (exact) mass is 454 g/mol. The normalized spacial score (nSPS) is 23.3. The summed E-state index contributed by atoms with van der Waals surface area (Å²) < 4.78 is 33.7. The molecular formula is C24H26N2O5S. The molecule has 8 heteroatoms. The molecule has 1 fully saturated rings. The van der Waals surface area contributed by atoms with Crippen molar-refractivity contribution < 1.29 is 22.7 Å². The van der Waals surface area contributed by atoms with Crippen LogP contribution in [0.15, 0.2) is 65.6 Å². The molecule has 2 aromatic rings. The lowest BCUT2D eigenvalue weighted by Gasteiger charge is -2.33. The molecule has 0 aliphatic carbocycles. The second-order valence-corrected chi connectivity index (χ2v) is 10.5. The number of nitrogens with zero attached hydrogens (tertiary/aromatic N) is 2. The van der Waals surface area contributed by atoms with E-state index >= 15 is 0 Å². The molecule has 0 unspecified atom stereocenters. The van der Waals surface area contributed by atoms with E-state index in [0.29, 0.717) is 16.8 Å². The number of methoxy groups -OCH3 is 1. The van der Waals surface area contributed by atoms with Crippen LogP contribution in [0.4, 0.5) is 10.5 Å². The third-order valence-corrected chi connectivity index (χ3v) is 8.19. The number of hydrogen-bond donors (Lipinski definition) is 0. The topological polar surface area (TPSA) is 84.0 Å². The van der Waals surface area contributed by atoms with E-state index in [1.165, 1.54) is 16.3 Å². The predicted octanol–water partition coefficient (Wildman–Crippen LogP) is 3.79. The molecule has 0 radical (unpaired) electrons. The van der Waals surface area contributed by atoms with Gasteiger partial charge < -0.3 is 4.74 Å². The standard InChI is InChI=1S/C24H26N2O5S/c1-15(2)21-17(4)24(14-25(21)32(29,30)18-12-10-16(3)11-13-18)22(27)19-8-6-7-9-20(19)26(24)23(28)31-5/h6-13,15,21H,4,14H2,1-3,5H3/t21-,24+/m1/s1. The van der Waals surface area contributed by atoms with Gasteiger partial charge in [-0.05, 0) is 42.7 Å². The minimum absolute atomic E-state index is 0.131. The van der Waals surface area contributed by atoms with Crippen LogP contribution in [-0.4, -0.2) is 49.8 Å². The molecule has 0 N–H and O–H groups in total. The van der Waals surface area contributed by atoms with Gasteiger partial charge in [-0.2, -0.15) is 4.31 Å². The van der Waals surface area contributed by atoms with Gasteiger partial charge in [-0.15, -0.1) is 0 Å². The van der Waals surface area contributed by atoms with Crippen molar-refractivity contribution in [3.63, 3.8) is 0 Å². The number of ether oxygens (including phenoxy) is 1. The summed E-state index contributed by atoms with van der Waals surface area (Å²) in [6.07, 6.45) is -0.735. The van der Waals surface area contributed by atoms with E-state index in [-0.39, 0.29) is 23.1 Å². The maximum absolute atomic E-state index is 13.8. The molecule has 32 heavy (non-hydrogen) atoms. The zero-order valence-corrected chi connectivity index (χ0v) is 19.3. The minimum Gasteiger partial charge on any atom is -0.452 e. The van der Waals surface area contributed by atoms with Crippen LogP contribution in [-0.2, 0) is 14.8 Å². The van der Waals surface area contributed by atoms with E-state index in [0.717, 1.165) is 5.56 Å². The van der Waals surface area contributed by atoms with Gasteiger partial charge in [0.05, 0.1) is 30.3 Å². The number of carbonyl (C=O) groups excluding carboxylic acids is 2. The fourth-order valence-electron chi connectivity index (χ4n) is 4.83. The Morgan fingerprint density at radius 3 is 2.38 bits per heavy atom. The van der Waals surface area contributed by atoms with Gasteiger partial charge in [0.25, 0.3) is 0 Å². The average Bonchev–Trinajstić information content (AvgIpc) is 3.21. The highest BCUT2D eigenvalue weighted by Crippen LogP contribution is 2.50. The molecule has 2 aliphatic rings. The van der Waals surface area contributed by atoms with Crippen molar-refractivity contribution in [1.82, 2.24) is 4.31 Å². The first-order valence-electron chi connectivity index (χ1n) is 10.4. The van der Waals surface area contributed by atoms with Crippen LogP contribution in [0, 0.1) is 12.8 Å². The molecule has 168 valence electrons. The van der Waals surface area contributed by atoms with Crippen molar-refractivity contribution >= 4 is 27.6 Å². The number of hydrogen-bond acceptors (Lipinski definition) is 5. The zero-order chi connectivity index (χ0) is 23.4. The first kappa shape index (κ1) is 22.2. The Balaban J connectivity index is 1.91. The summed E-state index contributed by atoms with van der Waals surface area (Å²) in [6, 6.07) is 12.6. The second kappa shape index (κ2) is 7.56. The van der Waals surface area contributed by atoms with Gasteiger partial charge in [-0.1, -0.05) is 50.3 Å². The number of ketones is 1. The summed E-state index contributed by atoms with van der Waals surface area (Å²) in [4.78, 5) is 28.1. The Bertz CT molecular complexity index is 1220. The van der Waals surface area contributed by atoms with Gasteiger partial charge in [0.15, 0.2) is 11.3 Å². The van der Waals surface area contributed by atoms with Crippen LogP contribution >= 0.6 is 0 Å². The molecule has 2 aliphatic heterocycles. The second-order valence-electron chi connectivity index (χ2n) is 8.59. The Morgan fingerprint density at radius 2 is 1.78 bits per heavy atom. The number of para-hydroxylation sites is 1. The van der Waals surface area contributed by atoms with Gasteiger partial charge in [0.2, 0.25) is 10.0 Å². The molecule has 1 amide bonds.